The summed E-state index contributed by atoms with van der Waals surface area (Å²) in [4.78, 5) is 0. The van der Waals surface area contributed by atoms with E-state index >= 15 is 0 Å². The molecule has 0 spiro atoms. The minimum Gasteiger partial charge on any atom is -0.664 e. The second-order valence-corrected chi connectivity index (χ2v) is 3.53. The highest BCUT2D eigenvalue weighted by Gasteiger charge is 2.38. The second kappa shape index (κ2) is 4.07. The van der Waals surface area contributed by atoms with Crippen LogP contribution < -0.4 is 0 Å². The topological polar surface area (TPSA) is 23.3 Å². The first-order chi connectivity index (χ1) is 5.33. The van der Waals surface area contributed by atoms with Gasteiger partial charge >= 0.3 is 0 Å². The lowest BCUT2D eigenvalue weighted by Crippen LogP contribution is -2.14. The molecule has 0 saturated heterocycles. The van der Waals surface area contributed by atoms with Gasteiger partial charge in [-0.25, -0.2) is 0 Å². The molecule has 2 heteroatoms. The fourth-order valence-electron chi connectivity index (χ4n) is 1.29. The number of hydrogen-bond acceptors (Lipinski definition) is 1. The van der Waals surface area contributed by atoms with Crippen LogP contribution in [0.5, 0.6) is 0 Å². The highest BCUT2D eigenvalue weighted by molar-refractivity contribution is 5.00. The number of hydrogen-bond donors (Lipinski definition) is 0. The quantitative estimate of drug-likeness (QED) is 0.541. The van der Waals surface area contributed by atoms with E-state index in [0.29, 0.717) is 5.41 Å². The number of ether oxygens (including phenoxy) is 1. The van der Waals surface area contributed by atoms with Crippen LogP contribution >= 0.6 is 0 Å². The molecule has 0 radical (unpaired) electrons. The van der Waals surface area contributed by atoms with Crippen LogP contribution in [0.2, 0.25) is 0 Å². The molecule has 0 aromatic heterocycles. The Kier molecular flexibility index (Phi) is 3.34. The lowest BCUT2D eigenvalue weighted by molar-refractivity contribution is 0.0956. The normalized spacial score (nSPS) is 20.2. The van der Waals surface area contributed by atoms with Crippen LogP contribution in [-0.2, 0) is 4.74 Å². The summed E-state index contributed by atoms with van der Waals surface area (Å²) in [5, 5.41) is 4.17. The van der Waals surface area contributed by atoms with E-state index in [1.807, 2.05) is 7.05 Å². The van der Waals surface area contributed by atoms with Crippen LogP contribution in [-0.4, -0.2) is 26.8 Å². The van der Waals surface area contributed by atoms with Crippen LogP contribution in [0.4, 0.5) is 0 Å². The molecular formula is C9H18NO-. The van der Waals surface area contributed by atoms with E-state index in [9.17, 15) is 0 Å². The molecule has 0 aromatic rings. The lowest BCUT2D eigenvalue weighted by Gasteiger charge is -2.22. The van der Waals surface area contributed by atoms with E-state index in [1.165, 1.54) is 12.8 Å². The van der Waals surface area contributed by atoms with Gasteiger partial charge < -0.3 is 10.1 Å². The van der Waals surface area contributed by atoms with Gasteiger partial charge in [0.2, 0.25) is 0 Å². The van der Waals surface area contributed by atoms with Crippen molar-refractivity contribution in [1.82, 2.24) is 0 Å². The van der Waals surface area contributed by atoms with E-state index in [2.05, 4.69) is 12.2 Å². The van der Waals surface area contributed by atoms with Gasteiger partial charge in [-0.05, 0) is 24.7 Å². The van der Waals surface area contributed by atoms with Gasteiger partial charge in [0.15, 0.2) is 0 Å². The SMILES string of the molecule is CCCOCC1(C[N-]C)CC1. The summed E-state index contributed by atoms with van der Waals surface area (Å²) < 4.78 is 5.50. The van der Waals surface area contributed by atoms with Crippen molar-refractivity contribution in [2.75, 3.05) is 26.8 Å². The highest BCUT2D eigenvalue weighted by atomic mass is 16.5. The van der Waals surface area contributed by atoms with Gasteiger partial charge in [0.05, 0.1) is 6.61 Å². The molecule has 0 N–H and O–H groups in total. The molecule has 1 aliphatic carbocycles. The Morgan fingerprint density at radius 1 is 1.45 bits per heavy atom. The third kappa shape index (κ3) is 2.80. The first kappa shape index (κ1) is 9.01. The summed E-state index contributed by atoms with van der Waals surface area (Å²) in [6.07, 6.45) is 3.75. The Morgan fingerprint density at radius 2 is 2.18 bits per heavy atom. The Labute approximate surface area is 69.3 Å². The minimum atomic E-state index is 0.462. The Bertz CT molecular complexity index is 110. The Morgan fingerprint density at radius 3 is 2.64 bits per heavy atom. The summed E-state index contributed by atoms with van der Waals surface area (Å²) in [6.45, 7) is 4.98. The van der Waals surface area contributed by atoms with Gasteiger partial charge in [0.25, 0.3) is 0 Å². The van der Waals surface area contributed by atoms with Gasteiger partial charge in [0.1, 0.15) is 0 Å². The molecule has 0 heterocycles. The summed E-state index contributed by atoms with van der Waals surface area (Å²) in [6, 6.07) is 0. The zero-order valence-electron chi connectivity index (χ0n) is 7.60. The van der Waals surface area contributed by atoms with Crippen molar-refractivity contribution in [2.45, 2.75) is 26.2 Å². The molecule has 2 nitrogen and oxygen atoms in total. The lowest BCUT2D eigenvalue weighted by atomic mass is 10.1. The van der Waals surface area contributed by atoms with Crippen molar-refractivity contribution in [3.8, 4) is 0 Å². The molecule has 0 unspecified atom stereocenters. The summed E-state index contributed by atoms with van der Waals surface area (Å²) in [5.41, 5.74) is 0.462. The third-order valence-corrected chi connectivity index (χ3v) is 2.21. The third-order valence-electron chi connectivity index (χ3n) is 2.21. The van der Waals surface area contributed by atoms with Crippen LogP contribution in [0, 0.1) is 5.41 Å². The van der Waals surface area contributed by atoms with E-state index < -0.39 is 0 Å². The van der Waals surface area contributed by atoms with Gasteiger partial charge in [0, 0.05) is 6.61 Å². The predicted octanol–water partition coefficient (Wildman–Crippen LogP) is 2.20. The molecular weight excluding hydrogens is 138 g/mol. The molecule has 1 rings (SSSR count). The molecule has 0 bridgehead atoms. The van der Waals surface area contributed by atoms with E-state index in [-0.39, 0.29) is 0 Å². The first-order valence-corrected chi connectivity index (χ1v) is 4.46. The van der Waals surface area contributed by atoms with Crippen LogP contribution in [0.1, 0.15) is 26.2 Å². The summed E-state index contributed by atoms with van der Waals surface area (Å²) >= 11 is 0. The fraction of sp³-hybridized carbons (Fsp3) is 1.00. The van der Waals surface area contributed by atoms with Crippen molar-refractivity contribution in [1.29, 1.82) is 0 Å². The zero-order valence-corrected chi connectivity index (χ0v) is 7.60. The summed E-state index contributed by atoms with van der Waals surface area (Å²) in [7, 11) is 1.89. The average molecular weight is 156 g/mol. The molecule has 1 aliphatic rings. The molecule has 0 aliphatic heterocycles. The highest BCUT2D eigenvalue weighted by Crippen LogP contribution is 2.46. The van der Waals surface area contributed by atoms with Crippen molar-refractivity contribution in [3.05, 3.63) is 5.32 Å². The molecule has 11 heavy (non-hydrogen) atoms. The first-order valence-electron chi connectivity index (χ1n) is 4.46. The van der Waals surface area contributed by atoms with Crippen molar-refractivity contribution in [3.63, 3.8) is 0 Å². The second-order valence-electron chi connectivity index (χ2n) is 3.53. The van der Waals surface area contributed by atoms with Crippen molar-refractivity contribution >= 4 is 0 Å². The monoisotopic (exact) mass is 156 g/mol. The maximum Gasteiger partial charge on any atom is 0.0505 e. The van der Waals surface area contributed by atoms with E-state index in [4.69, 9.17) is 4.74 Å². The Hall–Kier alpha value is -0.0800. The maximum atomic E-state index is 5.50. The van der Waals surface area contributed by atoms with Crippen LogP contribution in [0.3, 0.4) is 0 Å². The largest absolute Gasteiger partial charge is 0.664 e. The number of nitrogens with zero attached hydrogens (tertiary/aromatic N) is 1. The fourth-order valence-corrected chi connectivity index (χ4v) is 1.29. The molecule has 66 valence electrons. The summed E-state index contributed by atoms with van der Waals surface area (Å²) in [5.74, 6) is 0. The Balaban J connectivity index is 2.04. The predicted molar refractivity (Wildman–Crippen MR) is 46.9 cm³/mol. The van der Waals surface area contributed by atoms with Crippen molar-refractivity contribution < 1.29 is 4.74 Å². The van der Waals surface area contributed by atoms with Crippen LogP contribution in [0.15, 0.2) is 0 Å². The molecule has 0 amide bonds. The molecule has 1 saturated carbocycles. The molecule has 0 aromatic carbocycles. The van der Waals surface area contributed by atoms with Gasteiger partial charge in [-0.15, -0.1) is 6.54 Å². The zero-order chi connectivity index (χ0) is 8.16. The van der Waals surface area contributed by atoms with Gasteiger partial charge in [-0.2, -0.15) is 7.05 Å². The van der Waals surface area contributed by atoms with E-state index in [0.717, 1.165) is 26.2 Å². The smallest absolute Gasteiger partial charge is 0.0505 e. The van der Waals surface area contributed by atoms with Gasteiger partial charge in [-0.1, -0.05) is 6.92 Å². The van der Waals surface area contributed by atoms with Crippen LogP contribution in [0.25, 0.3) is 5.32 Å². The van der Waals surface area contributed by atoms with Crippen molar-refractivity contribution in [2.24, 2.45) is 5.41 Å². The standard InChI is InChI=1S/C9H18NO/c1-3-6-11-8-9(4-5-9)7-10-2/h3-8H2,1-2H3/q-1. The maximum absolute atomic E-state index is 5.50. The minimum absolute atomic E-state index is 0.462. The number of rotatable bonds is 6. The van der Waals surface area contributed by atoms with Gasteiger partial charge in [-0.3, -0.25) is 0 Å². The molecule has 1 fully saturated rings. The van der Waals surface area contributed by atoms with E-state index in [1.54, 1.807) is 0 Å². The molecule has 0 atom stereocenters. The average Bonchev–Trinajstić information content (AvgIpc) is 2.71.